The highest BCUT2D eigenvalue weighted by molar-refractivity contribution is 7.19. The van der Waals surface area contributed by atoms with E-state index in [2.05, 4.69) is 22.4 Å². The Hall–Kier alpha value is -2.61. The van der Waals surface area contributed by atoms with E-state index in [0.29, 0.717) is 22.3 Å². The first-order valence-corrected chi connectivity index (χ1v) is 11.6. The second-order valence-corrected chi connectivity index (χ2v) is 9.73. The maximum Gasteiger partial charge on any atom is 0.268 e. The number of carbonyl (C=O) groups excluding carboxylic acids is 1. The quantitative estimate of drug-likeness (QED) is 0.466. The molecule has 8 heteroatoms. The van der Waals surface area contributed by atoms with Crippen molar-refractivity contribution >= 4 is 39.7 Å². The molecule has 1 aromatic carbocycles. The van der Waals surface area contributed by atoms with Crippen LogP contribution in [0.2, 0.25) is 4.34 Å². The summed E-state index contributed by atoms with van der Waals surface area (Å²) in [6, 6.07) is 15.9. The lowest BCUT2D eigenvalue weighted by Gasteiger charge is -2.29. The summed E-state index contributed by atoms with van der Waals surface area (Å²) in [5.74, 6) is 0.639. The summed E-state index contributed by atoms with van der Waals surface area (Å²) >= 11 is 7.50. The van der Waals surface area contributed by atoms with Crippen LogP contribution in [-0.4, -0.2) is 46.7 Å². The molecular formula is C23H23ClN4O2S. The van der Waals surface area contributed by atoms with Crippen molar-refractivity contribution in [2.45, 2.75) is 25.4 Å². The van der Waals surface area contributed by atoms with Gasteiger partial charge in [-0.05, 0) is 57.2 Å². The van der Waals surface area contributed by atoms with Crippen molar-refractivity contribution in [3.63, 3.8) is 0 Å². The van der Waals surface area contributed by atoms with Gasteiger partial charge in [-0.25, -0.2) is 0 Å². The number of para-hydroxylation sites is 1. The number of carbonyl (C=O) groups is 1. The van der Waals surface area contributed by atoms with E-state index in [1.54, 1.807) is 0 Å². The zero-order valence-corrected chi connectivity index (χ0v) is 18.7. The molecule has 0 unspecified atom stereocenters. The zero-order valence-electron chi connectivity index (χ0n) is 17.2. The van der Waals surface area contributed by atoms with E-state index < -0.39 is 0 Å². The van der Waals surface area contributed by atoms with E-state index in [9.17, 15) is 4.79 Å². The molecule has 6 nitrogen and oxygen atoms in total. The van der Waals surface area contributed by atoms with Crippen molar-refractivity contribution in [2.24, 2.45) is 0 Å². The van der Waals surface area contributed by atoms with Gasteiger partial charge in [0.15, 0.2) is 5.76 Å². The highest BCUT2D eigenvalue weighted by Gasteiger charge is 2.22. The summed E-state index contributed by atoms with van der Waals surface area (Å²) in [5, 5.41) is 8.50. The predicted octanol–water partition coefficient (Wildman–Crippen LogP) is 4.88. The summed E-state index contributed by atoms with van der Waals surface area (Å²) < 4.78 is 8.26. The van der Waals surface area contributed by atoms with Gasteiger partial charge in [-0.3, -0.25) is 4.79 Å². The number of halogens is 1. The zero-order chi connectivity index (χ0) is 21.4. The Morgan fingerprint density at radius 2 is 2.03 bits per heavy atom. The molecule has 160 valence electrons. The topological polar surface area (TPSA) is 63.3 Å². The third-order valence-corrected chi connectivity index (χ3v) is 7.04. The highest BCUT2D eigenvalue weighted by Crippen LogP contribution is 2.32. The molecular weight excluding hydrogens is 432 g/mol. The number of hydrogen-bond acceptors (Lipinski definition) is 5. The first-order valence-electron chi connectivity index (χ1n) is 10.4. The monoisotopic (exact) mass is 454 g/mol. The van der Waals surface area contributed by atoms with Gasteiger partial charge in [0, 0.05) is 23.0 Å². The molecule has 0 saturated carbocycles. The number of thiophene rings is 1. The highest BCUT2D eigenvalue weighted by atomic mass is 35.5. The first-order chi connectivity index (χ1) is 15.1. The molecule has 31 heavy (non-hydrogen) atoms. The van der Waals surface area contributed by atoms with Gasteiger partial charge in [-0.1, -0.05) is 35.0 Å². The number of rotatable bonds is 5. The minimum Gasteiger partial charge on any atom is -0.355 e. The van der Waals surface area contributed by atoms with Gasteiger partial charge >= 0.3 is 0 Å². The fraction of sp³-hybridized carbons (Fsp3) is 0.304. The molecule has 0 atom stereocenters. The molecule has 0 radical (unpaired) electrons. The summed E-state index contributed by atoms with van der Waals surface area (Å²) in [5.41, 5.74) is 2.40. The number of nitrogens with one attached hydrogen (secondary N) is 1. The molecule has 1 saturated heterocycles. The number of fused-ring (bicyclic) bond motifs is 1. The maximum atomic E-state index is 13.2. The van der Waals surface area contributed by atoms with Crippen molar-refractivity contribution in [2.75, 3.05) is 20.1 Å². The Morgan fingerprint density at radius 1 is 1.23 bits per heavy atom. The largest absolute Gasteiger partial charge is 0.355 e. The molecule has 0 bridgehead atoms. The minimum absolute atomic E-state index is 0.0421. The normalized spacial score (nSPS) is 15.5. The fourth-order valence-electron chi connectivity index (χ4n) is 4.09. The van der Waals surface area contributed by atoms with E-state index in [4.69, 9.17) is 16.1 Å². The lowest BCUT2D eigenvalue weighted by Crippen LogP contribution is -2.43. The van der Waals surface area contributed by atoms with Crippen LogP contribution in [0.4, 0.5) is 0 Å². The molecule has 1 fully saturated rings. The first kappa shape index (κ1) is 20.3. The van der Waals surface area contributed by atoms with Crippen LogP contribution in [0.3, 0.4) is 0 Å². The smallest absolute Gasteiger partial charge is 0.268 e. The third-order valence-electron chi connectivity index (χ3n) is 5.79. The van der Waals surface area contributed by atoms with Crippen LogP contribution >= 0.6 is 22.9 Å². The Labute approximate surface area is 189 Å². The molecule has 3 aromatic heterocycles. The van der Waals surface area contributed by atoms with Gasteiger partial charge in [-0.15, -0.1) is 11.3 Å². The van der Waals surface area contributed by atoms with Crippen LogP contribution in [0.25, 0.3) is 21.5 Å². The van der Waals surface area contributed by atoms with Gasteiger partial charge in [-0.2, -0.15) is 0 Å². The Morgan fingerprint density at radius 3 is 2.81 bits per heavy atom. The fourth-order valence-corrected chi connectivity index (χ4v) is 5.08. The van der Waals surface area contributed by atoms with Crippen molar-refractivity contribution < 1.29 is 9.32 Å². The van der Waals surface area contributed by atoms with Gasteiger partial charge in [0.1, 0.15) is 11.4 Å². The molecule has 1 amide bonds. The standard InChI is InChI=1S/C23H23ClN4O2S/c1-27-10-8-16(9-11-27)25-23(29)19-12-15-4-2-3-5-18(15)28(19)14-17-13-20(30-26-17)21-6-7-22(24)31-21/h2-7,12-13,16H,8-11,14H2,1H3,(H,25,29). The predicted molar refractivity (Wildman–Crippen MR) is 124 cm³/mol. The van der Waals surface area contributed by atoms with Gasteiger partial charge in [0.2, 0.25) is 0 Å². The molecule has 0 aliphatic carbocycles. The van der Waals surface area contributed by atoms with Crippen molar-refractivity contribution in [1.82, 2.24) is 19.9 Å². The Kier molecular flexibility index (Phi) is 5.56. The number of benzene rings is 1. The van der Waals surface area contributed by atoms with Gasteiger partial charge in [0.25, 0.3) is 5.91 Å². The molecule has 1 N–H and O–H groups in total. The van der Waals surface area contributed by atoms with Gasteiger partial charge in [0.05, 0.1) is 15.8 Å². The summed E-state index contributed by atoms with van der Waals surface area (Å²) in [4.78, 5) is 16.4. The van der Waals surface area contributed by atoms with Crippen LogP contribution in [0.5, 0.6) is 0 Å². The van der Waals surface area contributed by atoms with Crippen molar-refractivity contribution in [3.8, 4) is 10.6 Å². The molecule has 1 aliphatic heterocycles. The number of aromatic nitrogens is 2. The molecule has 1 aliphatic rings. The number of likely N-dealkylation sites (tertiary alicyclic amines) is 1. The van der Waals surface area contributed by atoms with E-state index in [1.165, 1.54) is 11.3 Å². The van der Waals surface area contributed by atoms with Crippen LogP contribution in [-0.2, 0) is 6.54 Å². The van der Waals surface area contributed by atoms with Crippen LogP contribution in [0.15, 0.2) is 53.1 Å². The Balaban J connectivity index is 1.42. The van der Waals surface area contributed by atoms with Crippen molar-refractivity contribution in [1.29, 1.82) is 0 Å². The second kappa shape index (κ2) is 8.49. The van der Waals surface area contributed by atoms with Crippen LogP contribution in [0, 0.1) is 0 Å². The SMILES string of the molecule is CN1CCC(NC(=O)c2cc3ccccc3n2Cc2cc(-c3ccc(Cl)s3)on2)CC1. The average Bonchev–Trinajstić information content (AvgIpc) is 3.49. The van der Waals surface area contributed by atoms with E-state index >= 15 is 0 Å². The van der Waals surface area contributed by atoms with Crippen LogP contribution in [0.1, 0.15) is 29.0 Å². The van der Waals surface area contributed by atoms with Gasteiger partial charge < -0.3 is 19.3 Å². The second-order valence-electron chi connectivity index (χ2n) is 8.01. The molecule has 0 spiro atoms. The number of hydrogen-bond donors (Lipinski definition) is 1. The lowest BCUT2D eigenvalue weighted by atomic mass is 10.1. The molecule has 4 heterocycles. The van der Waals surface area contributed by atoms with E-state index in [-0.39, 0.29) is 11.9 Å². The van der Waals surface area contributed by atoms with Crippen molar-refractivity contribution in [3.05, 3.63) is 64.3 Å². The number of piperidine rings is 1. The minimum atomic E-state index is -0.0421. The summed E-state index contributed by atoms with van der Waals surface area (Å²) in [6.07, 6.45) is 1.94. The number of nitrogens with zero attached hydrogens (tertiary/aromatic N) is 3. The van der Waals surface area contributed by atoms with E-state index in [0.717, 1.165) is 47.4 Å². The van der Waals surface area contributed by atoms with Crippen LogP contribution < -0.4 is 5.32 Å². The third kappa shape index (κ3) is 4.26. The molecule has 5 rings (SSSR count). The average molecular weight is 455 g/mol. The maximum absolute atomic E-state index is 13.2. The molecule has 4 aromatic rings. The summed E-state index contributed by atoms with van der Waals surface area (Å²) in [6.45, 7) is 2.46. The van der Waals surface area contributed by atoms with E-state index in [1.807, 2.05) is 53.1 Å². The summed E-state index contributed by atoms with van der Waals surface area (Å²) in [7, 11) is 2.12. The lowest BCUT2D eigenvalue weighted by molar-refractivity contribution is 0.0908. The number of amides is 1. The Bertz CT molecular complexity index is 1220.